The first kappa shape index (κ1) is 15.1. The molecule has 1 aliphatic rings. The minimum atomic E-state index is -1.24. The number of rotatable bonds is 2. The quantitative estimate of drug-likeness (QED) is 0.768. The largest absolute Gasteiger partial charge is 0.478 e. The molecule has 21 heavy (non-hydrogen) atoms. The number of hydrogen-bond acceptors (Lipinski definition) is 3. The van der Waals surface area contributed by atoms with E-state index in [4.69, 9.17) is 16.7 Å². The maximum absolute atomic E-state index is 12.2. The fourth-order valence-corrected chi connectivity index (χ4v) is 2.35. The average Bonchev–Trinajstić information content (AvgIpc) is 2.41. The van der Waals surface area contributed by atoms with Crippen molar-refractivity contribution in [2.45, 2.75) is 13.0 Å². The molecule has 8 heteroatoms. The fraction of sp³-hybridized carbons (Fsp3) is 0.308. The number of hydrogen-bond donors (Lipinski definition) is 3. The zero-order valence-corrected chi connectivity index (χ0v) is 12.0. The summed E-state index contributed by atoms with van der Waals surface area (Å²) in [6, 6.07) is 3.25. The van der Waals surface area contributed by atoms with Gasteiger partial charge in [-0.05, 0) is 19.1 Å². The van der Waals surface area contributed by atoms with Crippen molar-refractivity contribution in [2.75, 3.05) is 18.4 Å². The van der Waals surface area contributed by atoms with Gasteiger partial charge in [0.15, 0.2) is 0 Å². The molecule has 0 aromatic heterocycles. The lowest BCUT2D eigenvalue weighted by atomic mass is 10.1. The molecule has 1 aliphatic heterocycles. The predicted molar refractivity (Wildman–Crippen MR) is 76.6 cm³/mol. The summed E-state index contributed by atoms with van der Waals surface area (Å²) >= 11 is 5.84. The molecule has 0 aliphatic carbocycles. The highest BCUT2D eigenvalue weighted by Gasteiger charge is 2.30. The highest BCUT2D eigenvalue weighted by atomic mass is 35.5. The van der Waals surface area contributed by atoms with Gasteiger partial charge in [-0.2, -0.15) is 0 Å². The molecule has 1 fully saturated rings. The minimum absolute atomic E-state index is 0.0322. The maximum atomic E-state index is 12.2. The monoisotopic (exact) mass is 311 g/mol. The standard InChI is InChI=1S/C13H14ClN3O4/c1-7-11(18)15-5-6-17(7)13(21)16-9-4-2-3-8(14)10(9)12(19)20/h2-4,7H,5-6H2,1H3,(H,15,18)(H,16,21)(H,19,20). The molecule has 2 rings (SSSR count). The van der Waals surface area contributed by atoms with Crippen molar-refractivity contribution >= 4 is 35.2 Å². The lowest BCUT2D eigenvalue weighted by Gasteiger charge is -2.32. The first-order valence-electron chi connectivity index (χ1n) is 6.29. The molecule has 1 atom stereocenters. The highest BCUT2D eigenvalue weighted by molar-refractivity contribution is 6.34. The van der Waals surface area contributed by atoms with Crippen LogP contribution in [-0.2, 0) is 4.79 Å². The van der Waals surface area contributed by atoms with Crippen molar-refractivity contribution in [3.8, 4) is 0 Å². The second-order valence-electron chi connectivity index (χ2n) is 4.56. The molecule has 1 heterocycles. The molecule has 0 saturated carbocycles. The SMILES string of the molecule is CC1C(=O)NCCN1C(=O)Nc1cccc(Cl)c1C(=O)O. The Labute approximate surface area is 125 Å². The van der Waals surface area contributed by atoms with Gasteiger partial charge in [-0.3, -0.25) is 4.79 Å². The summed E-state index contributed by atoms with van der Waals surface area (Å²) in [6.45, 7) is 2.31. The van der Waals surface area contributed by atoms with Gasteiger partial charge in [-0.1, -0.05) is 17.7 Å². The van der Waals surface area contributed by atoms with Crippen LogP contribution in [0.15, 0.2) is 18.2 Å². The lowest BCUT2D eigenvalue weighted by molar-refractivity contribution is -0.126. The molecule has 1 aromatic carbocycles. The Morgan fingerprint density at radius 2 is 2.19 bits per heavy atom. The Morgan fingerprint density at radius 3 is 2.86 bits per heavy atom. The van der Waals surface area contributed by atoms with Gasteiger partial charge >= 0.3 is 12.0 Å². The summed E-state index contributed by atoms with van der Waals surface area (Å²) in [6.07, 6.45) is 0. The summed E-state index contributed by atoms with van der Waals surface area (Å²) < 4.78 is 0. The Bertz CT molecular complexity index is 605. The number of amides is 3. The number of carboxylic acid groups (broad SMARTS) is 1. The Balaban J connectivity index is 2.22. The Kier molecular flexibility index (Phi) is 4.32. The number of anilines is 1. The van der Waals surface area contributed by atoms with E-state index in [9.17, 15) is 14.4 Å². The lowest BCUT2D eigenvalue weighted by Crippen LogP contribution is -2.56. The van der Waals surface area contributed by atoms with E-state index in [2.05, 4.69) is 10.6 Å². The van der Waals surface area contributed by atoms with Gasteiger partial charge in [0.25, 0.3) is 0 Å². The molecule has 3 N–H and O–H groups in total. The molecule has 1 aromatic rings. The zero-order valence-electron chi connectivity index (χ0n) is 11.2. The number of carbonyl (C=O) groups excluding carboxylic acids is 2. The third-order valence-electron chi connectivity index (χ3n) is 3.23. The molecule has 112 valence electrons. The van der Waals surface area contributed by atoms with Crippen LogP contribution in [0.25, 0.3) is 0 Å². The Hall–Kier alpha value is -2.28. The molecular formula is C13H14ClN3O4. The van der Waals surface area contributed by atoms with E-state index in [1.807, 2.05) is 0 Å². The first-order valence-corrected chi connectivity index (χ1v) is 6.66. The van der Waals surface area contributed by atoms with Crippen molar-refractivity contribution in [2.24, 2.45) is 0 Å². The number of nitrogens with one attached hydrogen (secondary N) is 2. The molecular weight excluding hydrogens is 298 g/mol. The number of piperazine rings is 1. The van der Waals surface area contributed by atoms with Gasteiger partial charge in [-0.25, -0.2) is 9.59 Å². The van der Waals surface area contributed by atoms with Crippen LogP contribution in [0.3, 0.4) is 0 Å². The number of nitrogens with zero attached hydrogens (tertiary/aromatic N) is 1. The van der Waals surface area contributed by atoms with Gasteiger partial charge in [-0.15, -0.1) is 0 Å². The summed E-state index contributed by atoms with van der Waals surface area (Å²) in [5.74, 6) is -1.48. The van der Waals surface area contributed by atoms with Crippen molar-refractivity contribution in [1.29, 1.82) is 0 Å². The Morgan fingerprint density at radius 1 is 1.48 bits per heavy atom. The minimum Gasteiger partial charge on any atom is -0.478 e. The van der Waals surface area contributed by atoms with Crippen LogP contribution in [0.5, 0.6) is 0 Å². The van der Waals surface area contributed by atoms with Crippen LogP contribution in [0.1, 0.15) is 17.3 Å². The number of aromatic carboxylic acids is 1. The van der Waals surface area contributed by atoms with E-state index in [0.29, 0.717) is 13.1 Å². The summed E-state index contributed by atoms with van der Waals surface area (Å²) in [7, 11) is 0. The van der Waals surface area contributed by atoms with E-state index in [-0.39, 0.29) is 22.2 Å². The van der Waals surface area contributed by atoms with Gasteiger partial charge in [0.05, 0.1) is 10.7 Å². The average molecular weight is 312 g/mol. The van der Waals surface area contributed by atoms with Crippen molar-refractivity contribution in [3.05, 3.63) is 28.8 Å². The fourth-order valence-electron chi connectivity index (χ4n) is 2.09. The van der Waals surface area contributed by atoms with Crippen LogP contribution in [0.2, 0.25) is 5.02 Å². The van der Waals surface area contributed by atoms with Crippen molar-refractivity contribution < 1.29 is 19.5 Å². The molecule has 1 saturated heterocycles. The molecule has 0 radical (unpaired) electrons. The van der Waals surface area contributed by atoms with Crippen LogP contribution < -0.4 is 10.6 Å². The smallest absolute Gasteiger partial charge is 0.339 e. The molecule has 0 spiro atoms. The summed E-state index contributed by atoms with van der Waals surface area (Å²) in [4.78, 5) is 36.3. The van der Waals surface area contributed by atoms with Gasteiger partial charge in [0.2, 0.25) is 5.91 Å². The number of benzene rings is 1. The summed E-state index contributed by atoms with van der Waals surface area (Å²) in [5, 5.41) is 14.3. The second kappa shape index (κ2) is 6.01. The maximum Gasteiger partial charge on any atom is 0.339 e. The third-order valence-corrected chi connectivity index (χ3v) is 3.54. The third kappa shape index (κ3) is 3.08. The number of halogens is 1. The van der Waals surface area contributed by atoms with Crippen molar-refractivity contribution in [1.82, 2.24) is 10.2 Å². The molecule has 7 nitrogen and oxygen atoms in total. The molecule has 1 unspecified atom stereocenters. The predicted octanol–water partition coefficient (Wildman–Crippen LogP) is 1.39. The van der Waals surface area contributed by atoms with E-state index in [1.165, 1.54) is 23.1 Å². The molecule has 3 amide bonds. The van der Waals surface area contributed by atoms with E-state index in [0.717, 1.165) is 0 Å². The first-order chi connectivity index (χ1) is 9.91. The van der Waals surface area contributed by atoms with Crippen molar-refractivity contribution in [3.63, 3.8) is 0 Å². The van der Waals surface area contributed by atoms with E-state index >= 15 is 0 Å². The highest BCUT2D eigenvalue weighted by Crippen LogP contribution is 2.24. The van der Waals surface area contributed by atoms with Gasteiger partial charge < -0.3 is 20.6 Å². The van der Waals surface area contributed by atoms with Crippen LogP contribution in [0.4, 0.5) is 10.5 Å². The number of urea groups is 1. The number of carbonyl (C=O) groups is 3. The van der Waals surface area contributed by atoms with Gasteiger partial charge in [0, 0.05) is 13.1 Å². The number of carboxylic acids is 1. The van der Waals surface area contributed by atoms with Crippen LogP contribution in [-0.4, -0.2) is 47.0 Å². The van der Waals surface area contributed by atoms with E-state index < -0.39 is 18.0 Å². The summed E-state index contributed by atoms with van der Waals surface area (Å²) in [5.41, 5.74) is -0.0835. The topological polar surface area (TPSA) is 98.7 Å². The zero-order chi connectivity index (χ0) is 15.6. The second-order valence-corrected chi connectivity index (χ2v) is 4.97. The van der Waals surface area contributed by atoms with Crippen LogP contribution in [0, 0.1) is 0 Å². The normalized spacial score (nSPS) is 18.1. The molecule has 0 bridgehead atoms. The van der Waals surface area contributed by atoms with Gasteiger partial charge in [0.1, 0.15) is 11.6 Å². The van der Waals surface area contributed by atoms with E-state index in [1.54, 1.807) is 6.92 Å². The van der Waals surface area contributed by atoms with Crippen LogP contribution >= 0.6 is 11.6 Å².